The second-order valence-corrected chi connectivity index (χ2v) is 12.9. The maximum Gasteiger partial charge on any atom is 0.0774 e. The fourth-order valence-electron chi connectivity index (χ4n) is 6.14. The number of para-hydroxylation sites is 3. The van der Waals surface area contributed by atoms with Crippen LogP contribution in [0.15, 0.2) is 128 Å². The zero-order valence-electron chi connectivity index (χ0n) is 26.9. The average molecular weight is 806 g/mol. The molecule has 0 aliphatic rings. The molecule has 0 fully saturated rings. The SMILES string of the molecule is CC(C)c1cccc(C(C)C)c1-n1c(-c2[c-]sc3c2ccc2ccccc23)nc2ccccc21.[Ir].[c-]1ccccc1-c1ccccn1. The number of thiophene rings is 1. The monoisotopic (exact) mass is 806 g/mol. The van der Waals surface area contributed by atoms with E-state index < -0.39 is 0 Å². The molecule has 5 heteroatoms. The third-order valence-electron chi connectivity index (χ3n) is 8.40. The molecule has 0 amide bonds. The molecule has 8 aromatic rings. The van der Waals surface area contributed by atoms with Crippen molar-refractivity contribution < 1.29 is 20.1 Å². The fourth-order valence-corrected chi connectivity index (χ4v) is 7.12. The van der Waals surface area contributed by atoms with E-state index in [9.17, 15) is 0 Å². The number of hydrogen-bond donors (Lipinski definition) is 0. The van der Waals surface area contributed by atoms with Gasteiger partial charge in [0.2, 0.25) is 0 Å². The molecule has 1 radical (unpaired) electrons. The molecule has 0 aliphatic heterocycles. The van der Waals surface area contributed by atoms with Crippen LogP contribution in [0.1, 0.15) is 50.7 Å². The number of pyridine rings is 1. The van der Waals surface area contributed by atoms with Crippen molar-refractivity contribution >= 4 is 43.2 Å². The summed E-state index contributed by atoms with van der Waals surface area (Å²) in [6.07, 6.45) is 1.79. The maximum absolute atomic E-state index is 5.20. The van der Waals surface area contributed by atoms with Crippen LogP contribution in [-0.2, 0) is 20.1 Å². The van der Waals surface area contributed by atoms with E-state index in [1.165, 1.54) is 37.7 Å². The first-order valence-electron chi connectivity index (χ1n) is 15.8. The fraction of sp³-hybridized carbons (Fsp3) is 0.143. The average Bonchev–Trinajstić information content (AvgIpc) is 3.71. The molecule has 0 bridgehead atoms. The van der Waals surface area contributed by atoms with Gasteiger partial charge in [-0.1, -0.05) is 122 Å². The van der Waals surface area contributed by atoms with Crippen LogP contribution < -0.4 is 0 Å². The van der Waals surface area contributed by atoms with Crippen LogP contribution in [0, 0.1) is 11.4 Å². The molecular weight excluding hydrogens is 771 g/mol. The van der Waals surface area contributed by atoms with E-state index in [4.69, 9.17) is 4.98 Å². The van der Waals surface area contributed by atoms with Crippen molar-refractivity contribution in [2.45, 2.75) is 39.5 Å². The van der Waals surface area contributed by atoms with Gasteiger partial charge in [-0.2, -0.15) is 0 Å². The molecule has 0 N–H and O–H groups in total. The Morgan fingerprint density at radius 3 is 2.13 bits per heavy atom. The summed E-state index contributed by atoms with van der Waals surface area (Å²) in [5.74, 6) is 1.77. The van der Waals surface area contributed by atoms with Gasteiger partial charge in [-0.25, -0.2) is 0 Å². The summed E-state index contributed by atoms with van der Waals surface area (Å²) in [4.78, 5) is 9.42. The van der Waals surface area contributed by atoms with Crippen molar-refractivity contribution in [3.63, 3.8) is 0 Å². The summed E-state index contributed by atoms with van der Waals surface area (Å²) < 4.78 is 3.67. The van der Waals surface area contributed by atoms with Crippen molar-refractivity contribution in [3.05, 3.63) is 150 Å². The summed E-state index contributed by atoms with van der Waals surface area (Å²) in [5, 5.41) is 7.41. The van der Waals surface area contributed by atoms with Gasteiger partial charge in [0.1, 0.15) is 0 Å². The molecule has 3 nitrogen and oxygen atoms in total. The summed E-state index contributed by atoms with van der Waals surface area (Å²) >= 11 is 1.69. The zero-order valence-corrected chi connectivity index (χ0v) is 30.1. The van der Waals surface area contributed by atoms with Crippen LogP contribution in [0.2, 0.25) is 0 Å². The molecule has 5 aromatic carbocycles. The van der Waals surface area contributed by atoms with Gasteiger partial charge in [0.15, 0.2) is 0 Å². The van der Waals surface area contributed by atoms with E-state index in [-0.39, 0.29) is 20.1 Å². The Balaban J connectivity index is 0.000000250. The molecular formula is C42H35IrN3S-2. The van der Waals surface area contributed by atoms with Crippen molar-refractivity contribution in [1.82, 2.24) is 14.5 Å². The van der Waals surface area contributed by atoms with Crippen LogP contribution >= 0.6 is 11.3 Å². The minimum atomic E-state index is 0. The van der Waals surface area contributed by atoms with E-state index in [2.05, 4.69) is 128 Å². The van der Waals surface area contributed by atoms with E-state index in [0.717, 1.165) is 33.7 Å². The van der Waals surface area contributed by atoms with Crippen molar-refractivity contribution in [1.29, 1.82) is 0 Å². The van der Waals surface area contributed by atoms with Crippen LogP contribution in [0.5, 0.6) is 0 Å². The normalized spacial score (nSPS) is 11.2. The van der Waals surface area contributed by atoms with Crippen LogP contribution in [0.25, 0.3) is 60.2 Å². The Hall–Kier alpha value is -4.41. The predicted octanol–water partition coefficient (Wildman–Crippen LogP) is 11.7. The molecule has 0 spiro atoms. The van der Waals surface area contributed by atoms with Crippen LogP contribution in [0.3, 0.4) is 0 Å². The van der Waals surface area contributed by atoms with Gasteiger partial charge in [-0.15, -0.1) is 47.3 Å². The van der Waals surface area contributed by atoms with Gasteiger partial charge in [0.05, 0.1) is 16.9 Å². The van der Waals surface area contributed by atoms with Crippen molar-refractivity contribution in [2.24, 2.45) is 0 Å². The Labute approximate surface area is 294 Å². The third kappa shape index (κ3) is 6.32. The Morgan fingerprint density at radius 2 is 1.40 bits per heavy atom. The van der Waals surface area contributed by atoms with E-state index in [0.29, 0.717) is 11.8 Å². The zero-order chi connectivity index (χ0) is 31.6. The Kier molecular flexibility index (Phi) is 9.79. The first-order valence-corrected chi connectivity index (χ1v) is 16.6. The Morgan fingerprint density at radius 1 is 0.681 bits per heavy atom. The summed E-state index contributed by atoms with van der Waals surface area (Å²) in [6.45, 7) is 9.11. The molecule has 0 saturated heterocycles. The molecule has 0 unspecified atom stereocenters. The van der Waals surface area contributed by atoms with Gasteiger partial charge in [0.25, 0.3) is 0 Å². The quantitative estimate of drug-likeness (QED) is 0.162. The molecule has 0 atom stereocenters. The number of hydrogen-bond acceptors (Lipinski definition) is 3. The molecule has 0 aliphatic carbocycles. The summed E-state index contributed by atoms with van der Waals surface area (Å²) in [6, 6.07) is 45.1. The first-order chi connectivity index (χ1) is 22.5. The van der Waals surface area contributed by atoms with Crippen molar-refractivity contribution in [3.8, 4) is 28.3 Å². The number of benzene rings is 5. The third-order valence-corrected chi connectivity index (χ3v) is 9.35. The van der Waals surface area contributed by atoms with Crippen LogP contribution in [0.4, 0.5) is 0 Å². The van der Waals surface area contributed by atoms with Gasteiger partial charge in [0, 0.05) is 32.0 Å². The second kappa shape index (κ2) is 14.1. The standard InChI is InChI=1S/C31H27N2S.C11H8N.Ir/c1-19(2)22-12-9-13-23(20(3)4)29(22)33-28-15-8-7-14-27(28)32-31(33)26-18-34-30-24-11-6-5-10-21(24)16-17-25(26)30;1-2-6-10(7-3-1)11-8-4-5-9-12-11;/h5-17,19-20H,1-4H3;1-6,8-9H;/q2*-1;. The largest absolute Gasteiger partial charge is 0.333 e. The maximum atomic E-state index is 5.20. The van der Waals surface area contributed by atoms with E-state index in [1.54, 1.807) is 17.5 Å². The van der Waals surface area contributed by atoms with E-state index in [1.807, 2.05) is 42.5 Å². The minimum Gasteiger partial charge on any atom is -0.333 e. The number of imidazole rings is 1. The topological polar surface area (TPSA) is 30.7 Å². The smallest absolute Gasteiger partial charge is 0.0774 e. The minimum absolute atomic E-state index is 0. The van der Waals surface area contributed by atoms with Crippen molar-refractivity contribution in [2.75, 3.05) is 0 Å². The number of fused-ring (bicyclic) bond motifs is 4. The molecule has 0 saturated carbocycles. The number of nitrogens with zero attached hydrogens (tertiary/aromatic N) is 3. The predicted molar refractivity (Wildman–Crippen MR) is 195 cm³/mol. The summed E-state index contributed by atoms with van der Waals surface area (Å²) in [5.41, 5.74) is 9.21. The van der Waals surface area contributed by atoms with Gasteiger partial charge >= 0.3 is 0 Å². The van der Waals surface area contributed by atoms with Gasteiger partial charge in [-0.05, 0) is 52.2 Å². The van der Waals surface area contributed by atoms with Gasteiger partial charge < -0.3 is 9.55 Å². The first kappa shape index (κ1) is 32.5. The molecule has 8 rings (SSSR count). The Bertz CT molecular complexity index is 2200. The van der Waals surface area contributed by atoms with Gasteiger partial charge in [-0.3, -0.25) is 16.3 Å². The van der Waals surface area contributed by atoms with Crippen LogP contribution in [-0.4, -0.2) is 14.5 Å². The molecule has 3 aromatic heterocycles. The van der Waals surface area contributed by atoms with E-state index >= 15 is 0 Å². The summed E-state index contributed by atoms with van der Waals surface area (Å²) in [7, 11) is 0. The molecule has 47 heavy (non-hydrogen) atoms. The molecule has 235 valence electrons. The second-order valence-electron chi connectivity index (χ2n) is 12.1. The number of rotatable bonds is 5. The number of aromatic nitrogens is 3. The molecule has 3 heterocycles.